The molecule has 2 aromatic heterocycles. The van der Waals surface area contributed by atoms with Crippen LogP contribution in [0.15, 0.2) is 60.9 Å². The standard InChI is InChI=1S/C29H33FN2O3/c1-19(2)32-18-25(26-8-6-7-15-31-26)28(21-9-11-22(30)12-10-21)27(32)14-13-23-17-24(16-20(3)33)35-29(4,5)34-23/h6-15,18-19,23-24H,16-17H2,1-5H3/b14-13+/t23-,24+/m1/s1. The van der Waals surface area contributed by atoms with Gasteiger partial charge in [0.15, 0.2) is 5.79 Å². The zero-order chi connectivity index (χ0) is 25.2. The van der Waals surface area contributed by atoms with Gasteiger partial charge in [-0.05, 0) is 70.5 Å². The Morgan fingerprint density at radius 1 is 1.20 bits per heavy atom. The Labute approximate surface area is 206 Å². The molecule has 1 aliphatic rings. The van der Waals surface area contributed by atoms with Crippen molar-refractivity contribution in [1.82, 2.24) is 9.55 Å². The minimum absolute atomic E-state index is 0.0997. The van der Waals surface area contributed by atoms with Gasteiger partial charge in [0.2, 0.25) is 0 Å². The number of carbonyl (C=O) groups is 1. The zero-order valence-corrected chi connectivity index (χ0v) is 21.0. The van der Waals surface area contributed by atoms with E-state index in [1.165, 1.54) is 12.1 Å². The fourth-order valence-corrected chi connectivity index (χ4v) is 4.68. The van der Waals surface area contributed by atoms with Crippen molar-refractivity contribution in [2.24, 2.45) is 0 Å². The number of carbonyl (C=O) groups excluding carboxylic acids is 1. The summed E-state index contributed by atoms with van der Waals surface area (Å²) in [5.41, 5.74) is 4.72. The lowest BCUT2D eigenvalue weighted by Crippen LogP contribution is -2.44. The first kappa shape index (κ1) is 25.0. The molecule has 3 aromatic rings. The average Bonchev–Trinajstić information content (AvgIpc) is 3.17. The van der Waals surface area contributed by atoms with E-state index in [-0.39, 0.29) is 29.9 Å². The van der Waals surface area contributed by atoms with Crippen LogP contribution in [0, 0.1) is 5.82 Å². The molecule has 5 nitrogen and oxygen atoms in total. The number of pyridine rings is 1. The van der Waals surface area contributed by atoms with Crippen molar-refractivity contribution in [3.63, 3.8) is 0 Å². The maximum absolute atomic E-state index is 13.8. The number of hydrogen-bond donors (Lipinski definition) is 0. The lowest BCUT2D eigenvalue weighted by molar-refractivity contribution is -0.289. The molecular formula is C29H33FN2O3. The van der Waals surface area contributed by atoms with Gasteiger partial charge in [-0.2, -0.15) is 0 Å². The first-order valence-electron chi connectivity index (χ1n) is 12.1. The molecule has 0 N–H and O–H groups in total. The number of ketones is 1. The van der Waals surface area contributed by atoms with Crippen molar-refractivity contribution < 1.29 is 18.7 Å². The van der Waals surface area contributed by atoms with Crippen LogP contribution in [0.2, 0.25) is 0 Å². The maximum Gasteiger partial charge on any atom is 0.163 e. The van der Waals surface area contributed by atoms with Gasteiger partial charge in [0.1, 0.15) is 11.6 Å². The highest BCUT2D eigenvalue weighted by molar-refractivity contribution is 5.88. The van der Waals surface area contributed by atoms with Crippen molar-refractivity contribution in [3.05, 3.63) is 72.4 Å². The molecule has 6 heteroatoms. The summed E-state index contributed by atoms with van der Waals surface area (Å²) in [6, 6.07) is 12.6. The van der Waals surface area contributed by atoms with Crippen molar-refractivity contribution in [2.75, 3.05) is 0 Å². The molecule has 1 saturated heterocycles. The quantitative estimate of drug-likeness (QED) is 0.375. The Hall–Kier alpha value is -3.09. The number of ether oxygens (including phenoxy) is 2. The molecular weight excluding hydrogens is 443 g/mol. The first-order valence-corrected chi connectivity index (χ1v) is 12.1. The van der Waals surface area contributed by atoms with E-state index in [9.17, 15) is 9.18 Å². The Morgan fingerprint density at radius 2 is 1.94 bits per heavy atom. The molecule has 0 spiro atoms. The van der Waals surface area contributed by atoms with Crippen LogP contribution >= 0.6 is 0 Å². The first-order chi connectivity index (χ1) is 16.6. The zero-order valence-electron chi connectivity index (χ0n) is 21.0. The van der Waals surface area contributed by atoms with Gasteiger partial charge in [-0.1, -0.05) is 24.3 Å². The second-order valence-electron chi connectivity index (χ2n) is 9.82. The van der Waals surface area contributed by atoms with Gasteiger partial charge in [-0.3, -0.25) is 9.78 Å². The summed E-state index contributed by atoms with van der Waals surface area (Å²) in [5, 5.41) is 0. The van der Waals surface area contributed by atoms with Crippen LogP contribution in [-0.2, 0) is 14.3 Å². The molecule has 2 atom stereocenters. The van der Waals surface area contributed by atoms with Crippen LogP contribution < -0.4 is 0 Å². The largest absolute Gasteiger partial charge is 0.347 e. The SMILES string of the molecule is CC(=O)C[C@H]1C[C@@H](/C=C/c2c(-c3ccc(F)cc3)c(-c3ccccn3)cn2C(C)C)OC(C)(C)O1. The number of aromatic nitrogens is 2. The predicted molar refractivity (Wildman–Crippen MR) is 136 cm³/mol. The molecule has 3 heterocycles. The monoisotopic (exact) mass is 476 g/mol. The van der Waals surface area contributed by atoms with E-state index < -0.39 is 5.79 Å². The van der Waals surface area contributed by atoms with Gasteiger partial charge in [0.25, 0.3) is 0 Å². The second-order valence-corrected chi connectivity index (χ2v) is 9.82. The van der Waals surface area contributed by atoms with Gasteiger partial charge >= 0.3 is 0 Å². The van der Waals surface area contributed by atoms with Crippen molar-refractivity contribution in [1.29, 1.82) is 0 Å². The third kappa shape index (κ3) is 5.95. The highest BCUT2D eigenvalue weighted by atomic mass is 19.1. The van der Waals surface area contributed by atoms with Crippen molar-refractivity contribution in [3.8, 4) is 22.4 Å². The van der Waals surface area contributed by atoms with E-state index >= 15 is 0 Å². The highest BCUT2D eigenvalue weighted by Gasteiger charge is 2.35. The molecule has 35 heavy (non-hydrogen) atoms. The van der Waals surface area contributed by atoms with Gasteiger partial charge in [0.05, 0.1) is 17.9 Å². The van der Waals surface area contributed by atoms with E-state index in [1.807, 2.05) is 38.1 Å². The van der Waals surface area contributed by atoms with Crippen LogP contribution in [0.3, 0.4) is 0 Å². The molecule has 0 bridgehead atoms. The molecule has 0 saturated carbocycles. The molecule has 0 radical (unpaired) electrons. The summed E-state index contributed by atoms with van der Waals surface area (Å²) in [7, 11) is 0. The second kappa shape index (κ2) is 10.3. The molecule has 0 unspecified atom stereocenters. The van der Waals surface area contributed by atoms with E-state index in [4.69, 9.17) is 9.47 Å². The number of hydrogen-bond acceptors (Lipinski definition) is 4. The summed E-state index contributed by atoms with van der Waals surface area (Å²) in [6.45, 7) is 9.59. The lowest BCUT2D eigenvalue weighted by atomic mass is 9.98. The van der Waals surface area contributed by atoms with Gasteiger partial charge < -0.3 is 14.0 Å². The minimum atomic E-state index is -0.785. The van der Waals surface area contributed by atoms with E-state index in [0.717, 1.165) is 28.1 Å². The van der Waals surface area contributed by atoms with E-state index in [1.54, 1.807) is 25.3 Å². The summed E-state index contributed by atoms with van der Waals surface area (Å²) in [4.78, 5) is 16.3. The van der Waals surface area contributed by atoms with Crippen molar-refractivity contribution >= 4 is 11.9 Å². The summed E-state index contributed by atoms with van der Waals surface area (Å²) < 4.78 is 28.1. The third-order valence-corrected chi connectivity index (χ3v) is 6.07. The fourth-order valence-electron chi connectivity index (χ4n) is 4.68. The Morgan fingerprint density at radius 3 is 2.57 bits per heavy atom. The Kier molecular flexibility index (Phi) is 7.33. The van der Waals surface area contributed by atoms with Crippen LogP contribution in [-0.4, -0.2) is 33.3 Å². The number of halogens is 1. The van der Waals surface area contributed by atoms with Crippen LogP contribution in [0.5, 0.6) is 0 Å². The fraction of sp³-hybridized carbons (Fsp3) is 0.379. The molecule has 184 valence electrons. The number of Topliss-reactive ketones (excluding diaryl/α,β-unsaturated/α-hetero) is 1. The molecule has 1 fully saturated rings. The summed E-state index contributed by atoms with van der Waals surface area (Å²) in [6.07, 6.45) is 8.56. The van der Waals surface area contributed by atoms with E-state index in [2.05, 4.69) is 35.7 Å². The molecule has 0 aliphatic carbocycles. The Balaban J connectivity index is 1.80. The van der Waals surface area contributed by atoms with Crippen LogP contribution in [0.1, 0.15) is 59.2 Å². The van der Waals surface area contributed by atoms with Gasteiger partial charge in [0, 0.05) is 48.1 Å². The Bertz CT molecular complexity index is 1200. The number of nitrogens with zero attached hydrogens (tertiary/aromatic N) is 2. The maximum atomic E-state index is 13.8. The lowest BCUT2D eigenvalue weighted by Gasteiger charge is -2.39. The molecule has 1 aliphatic heterocycles. The molecule has 4 rings (SSSR count). The van der Waals surface area contributed by atoms with Gasteiger partial charge in [-0.25, -0.2) is 4.39 Å². The normalized spacial score (nSPS) is 20.0. The molecule has 0 amide bonds. The predicted octanol–water partition coefficient (Wildman–Crippen LogP) is 6.84. The van der Waals surface area contributed by atoms with Crippen LogP contribution in [0.4, 0.5) is 4.39 Å². The van der Waals surface area contributed by atoms with E-state index in [0.29, 0.717) is 12.8 Å². The highest BCUT2D eigenvalue weighted by Crippen LogP contribution is 2.39. The van der Waals surface area contributed by atoms with Crippen molar-refractivity contribution in [2.45, 2.75) is 71.5 Å². The summed E-state index contributed by atoms with van der Waals surface area (Å²) in [5.74, 6) is -0.961. The van der Waals surface area contributed by atoms with Crippen LogP contribution in [0.25, 0.3) is 28.5 Å². The number of rotatable bonds is 7. The average molecular weight is 477 g/mol. The number of benzene rings is 1. The minimum Gasteiger partial charge on any atom is -0.347 e. The topological polar surface area (TPSA) is 53.4 Å². The van der Waals surface area contributed by atoms with Gasteiger partial charge in [-0.15, -0.1) is 0 Å². The smallest absolute Gasteiger partial charge is 0.163 e. The molecule has 1 aromatic carbocycles. The third-order valence-electron chi connectivity index (χ3n) is 6.07. The summed E-state index contributed by atoms with van der Waals surface area (Å²) >= 11 is 0.